The standard InChI is InChI=1S/C27H25ClF4N8O4/c1-26(2,3)44-25(42)38(5)14-8-15(29)20-18(10-34-40(20)12-14)43-17-9-33-22-21(19(17)28)39(6)24(36-22)35-16-7-13(27(30,31)32)11-37(4)23(16)41/h7-12H,1-6H3,(H,33,35,36). The number of fused-ring (bicyclic) bond motifs is 2. The molecule has 5 heterocycles. The molecule has 0 aliphatic carbocycles. The van der Waals surface area contributed by atoms with Crippen LogP contribution >= 0.6 is 11.6 Å². The van der Waals surface area contributed by atoms with Gasteiger partial charge in [0.1, 0.15) is 27.3 Å². The Kier molecular flexibility index (Phi) is 7.44. The third-order valence-electron chi connectivity index (χ3n) is 6.35. The Labute approximate surface area is 251 Å². The highest BCUT2D eigenvalue weighted by Crippen LogP contribution is 2.38. The van der Waals surface area contributed by atoms with Crippen LogP contribution in [0.5, 0.6) is 11.5 Å². The second-order valence-electron chi connectivity index (χ2n) is 10.8. The van der Waals surface area contributed by atoms with E-state index in [1.807, 2.05) is 0 Å². The summed E-state index contributed by atoms with van der Waals surface area (Å²) in [5.74, 6) is -0.810. The third-order valence-corrected chi connectivity index (χ3v) is 6.72. The van der Waals surface area contributed by atoms with Gasteiger partial charge in [0.05, 0.1) is 29.8 Å². The van der Waals surface area contributed by atoms with Gasteiger partial charge in [0, 0.05) is 33.4 Å². The fraction of sp³-hybridized carbons (Fsp3) is 0.296. The van der Waals surface area contributed by atoms with Crippen molar-refractivity contribution in [2.75, 3.05) is 17.3 Å². The average Bonchev–Trinajstić information content (AvgIpc) is 3.47. The van der Waals surface area contributed by atoms with E-state index in [0.717, 1.165) is 15.5 Å². The highest BCUT2D eigenvalue weighted by atomic mass is 35.5. The van der Waals surface area contributed by atoms with Gasteiger partial charge in [-0.05, 0) is 26.8 Å². The van der Waals surface area contributed by atoms with Crippen LogP contribution in [-0.2, 0) is 25.0 Å². The Bertz CT molecular complexity index is 1990. The number of aromatic nitrogens is 6. The fourth-order valence-corrected chi connectivity index (χ4v) is 4.52. The first-order valence-electron chi connectivity index (χ1n) is 12.8. The number of pyridine rings is 3. The fourth-order valence-electron chi connectivity index (χ4n) is 4.22. The molecular weight excluding hydrogens is 612 g/mol. The van der Waals surface area contributed by atoms with Crippen LogP contribution in [0.2, 0.25) is 5.02 Å². The Hall–Kier alpha value is -4.86. The molecule has 5 aromatic heterocycles. The maximum absolute atomic E-state index is 15.3. The number of nitrogens with one attached hydrogen (secondary N) is 1. The predicted octanol–water partition coefficient (Wildman–Crippen LogP) is 6.03. The molecule has 1 N–H and O–H groups in total. The highest BCUT2D eigenvalue weighted by molar-refractivity contribution is 6.36. The molecule has 0 saturated heterocycles. The maximum Gasteiger partial charge on any atom is 0.417 e. The van der Waals surface area contributed by atoms with Crippen LogP contribution in [0.4, 0.5) is 39.7 Å². The summed E-state index contributed by atoms with van der Waals surface area (Å²) in [5.41, 5.74) is -2.45. The van der Waals surface area contributed by atoms with E-state index in [1.165, 1.54) is 48.8 Å². The van der Waals surface area contributed by atoms with Gasteiger partial charge in [-0.25, -0.2) is 18.7 Å². The van der Waals surface area contributed by atoms with Crippen LogP contribution in [0.15, 0.2) is 41.7 Å². The Balaban J connectivity index is 1.46. The molecule has 0 atom stereocenters. The van der Waals surface area contributed by atoms with Crippen molar-refractivity contribution >= 4 is 51.7 Å². The maximum atomic E-state index is 15.3. The average molecular weight is 637 g/mol. The van der Waals surface area contributed by atoms with E-state index in [0.29, 0.717) is 12.3 Å². The molecule has 0 aliphatic heterocycles. The number of amides is 1. The predicted molar refractivity (Wildman–Crippen MR) is 153 cm³/mol. The number of carbonyl (C=O) groups excluding carboxylic acids is 1. The lowest BCUT2D eigenvalue weighted by Gasteiger charge is -2.24. The Morgan fingerprint density at radius 2 is 1.77 bits per heavy atom. The molecule has 0 aliphatic rings. The van der Waals surface area contributed by atoms with Gasteiger partial charge in [-0.15, -0.1) is 0 Å². The van der Waals surface area contributed by atoms with Gasteiger partial charge < -0.3 is 23.9 Å². The van der Waals surface area contributed by atoms with Crippen LogP contribution < -0.4 is 20.5 Å². The lowest BCUT2D eigenvalue weighted by atomic mass is 10.2. The number of aryl methyl sites for hydroxylation is 2. The zero-order valence-corrected chi connectivity index (χ0v) is 24.9. The number of hydrogen-bond acceptors (Lipinski definition) is 8. The molecule has 0 bridgehead atoms. The summed E-state index contributed by atoms with van der Waals surface area (Å²) in [7, 11) is 4.13. The first kappa shape index (κ1) is 30.6. The van der Waals surface area contributed by atoms with Crippen LogP contribution in [0.3, 0.4) is 0 Å². The number of ether oxygens (including phenoxy) is 2. The molecule has 0 fully saturated rings. The van der Waals surface area contributed by atoms with Crippen LogP contribution in [0.25, 0.3) is 16.7 Å². The van der Waals surface area contributed by atoms with E-state index in [2.05, 4.69) is 20.4 Å². The van der Waals surface area contributed by atoms with Gasteiger partial charge in [0.25, 0.3) is 5.56 Å². The molecule has 0 spiro atoms. The summed E-state index contributed by atoms with van der Waals surface area (Å²) in [6.45, 7) is 5.12. The Morgan fingerprint density at radius 1 is 1.07 bits per heavy atom. The van der Waals surface area contributed by atoms with Crippen LogP contribution in [0.1, 0.15) is 26.3 Å². The molecular formula is C27H25ClF4N8O4. The van der Waals surface area contributed by atoms with Gasteiger partial charge in [-0.2, -0.15) is 23.3 Å². The number of hydrogen-bond donors (Lipinski definition) is 1. The van der Waals surface area contributed by atoms with E-state index in [-0.39, 0.29) is 50.5 Å². The first-order chi connectivity index (χ1) is 20.4. The second kappa shape index (κ2) is 10.7. The van der Waals surface area contributed by atoms with Crippen molar-refractivity contribution in [3.05, 3.63) is 63.7 Å². The smallest absolute Gasteiger partial charge is 0.417 e. The number of halogens is 5. The Morgan fingerprint density at radius 3 is 2.43 bits per heavy atom. The zero-order chi connectivity index (χ0) is 32.3. The van der Waals surface area contributed by atoms with Crippen LogP contribution in [0, 0.1) is 5.82 Å². The summed E-state index contributed by atoms with van der Waals surface area (Å²) in [6.07, 6.45) is -0.793. The van der Waals surface area contributed by atoms with E-state index < -0.39 is 34.8 Å². The number of anilines is 3. The highest BCUT2D eigenvalue weighted by Gasteiger charge is 2.32. The van der Waals surface area contributed by atoms with Gasteiger partial charge in [-0.1, -0.05) is 11.6 Å². The summed E-state index contributed by atoms with van der Waals surface area (Å²) >= 11 is 6.62. The molecule has 232 valence electrons. The molecule has 17 heteroatoms. The molecule has 5 aromatic rings. The lowest BCUT2D eigenvalue weighted by molar-refractivity contribution is -0.138. The summed E-state index contributed by atoms with van der Waals surface area (Å²) in [4.78, 5) is 34.6. The second-order valence-corrected chi connectivity index (χ2v) is 11.2. The van der Waals surface area contributed by atoms with E-state index >= 15 is 4.39 Å². The monoisotopic (exact) mass is 636 g/mol. The topological polar surface area (TPSA) is 121 Å². The molecule has 12 nitrogen and oxygen atoms in total. The molecule has 1 amide bonds. The summed E-state index contributed by atoms with van der Waals surface area (Å²) in [6, 6.07) is 1.80. The number of carbonyl (C=O) groups is 1. The number of nitrogens with zero attached hydrogens (tertiary/aromatic N) is 7. The zero-order valence-electron chi connectivity index (χ0n) is 24.1. The van der Waals surface area contributed by atoms with Crippen molar-refractivity contribution < 1.29 is 31.8 Å². The SMILES string of the molecule is CN(C(=O)OC(C)(C)C)c1cc(F)c2c(Oc3cnc4nc(Nc5cc(C(F)(F)F)cn(C)c5=O)n(C)c4c3Cl)cnn2c1. The van der Waals surface area contributed by atoms with Crippen molar-refractivity contribution in [1.82, 2.24) is 28.7 Å². The van der Waals surface area contributed by atoms with E-state index in [9.17, 15) is 22.8 Å². The van der Waals surface area contributed by atoms with Gasteiger partial charge in [0.2, 0.25) is 5.95 Å². The van der Waals surface area contributed by atoms with Gasteiger partial charge in [0.15, 0.2) is 23.0 Å². The normalized spacial score (nSPS) is 12.2. The minimum absolute atomic E-state index is 0.00367. The van der Waals surface area contributed by atoms with E-state index in [4.69, 9.17) is 21.1 Å². The minimum atomic E-state index is -4.68. The molecule has 0 radical (unpaired) electrons. The van der Waals surface area contributed by atoms with Crippen molar-refractivity contribution in [3.63, 3.8) is 0 Å². The number of imidazole rings is 1. The summed E-state index contributed by atoms with van der Waals surface area (Å²) < 4.78 is 69.9. The lowest BCUT2D eigenvalue weighted by Crippen LogP contribution is -2.34. The minimum Gasteiger partial charge on any atom is -0.450 e. The first-order valence-corrected chi connectivity index (χ1v) is 13.2. The molecule has 0 aromatic carbocycles. The van der Waals surface area contributed by atoms with Crippen molar-refractivity contribution in [3.8, 4) is 11.5 Å². The molecule has 0 unspecified atom stereocenters. The van der Waals surface area contributed by atoms with E-state index in [1.54, 1.807) is 20.8 Å². The third kappa shape index (κ3) is 5.71. The molecule has 5 rings (SSSR count). The van der Waals surface area contributed by atoms with Crippen molar-refractivity contribution in [2.45, 2.75) is 32.5 Å². The molecule has 44 heavy (non-hydrogen) atoms. The van der Waals surface area contributed by atoms with Crippen molar-refractivity contribution in [2.24, 2.45) is 14.1 Å². The van der Waals surface area contributed by atoms with Crippen molar-refractivity contribution in [1.29, 1.82) is 0 Å². The quantitative estimate of drug-likeness (QED) is 0.232. The van der Waals surface area contributed by atoms with Gasteiger partial charge >= 0.3 is 12.3 Å². The molecule has 0 saturated carbocycles. The summed E-state index contributed by atoms with van der Waals surface area (Å²) in [5, 5.41) is 6.74. The largest absolute Gasteiger partial charge is 0.450 e. The number of alkyl halides is 3. The number of rotatable bonds is 5. The van der Waals surface area contributed by atoms with Gasteiger partial charge in [-0.3, -0.25) is 9.69 Å². The van der Waals surface area contributed by atoms with Crippen LogP contribution in [-0.4, -0.2) is 47.5 Å².